The Morgan fingerprint density at radius 2 is 1.86 bits per heavy atom. The van der Waals surface area contributed by atoms with Crippen LogP contribution in [-0.2, 0) is 20.3 Å². The van der Waals surface area contributed by atoms with E-state index in [1.807, 2.05) is 41.5 Å². The molecule has 0 aromatic heterocycles. The number of hydrogen-bond donors (Lipinski definition) is 0. The first-order valence-corrected chi connectivity index (χ1v) is 8.74. The van der Waals surface area contributed by atoms with Gasteiger partial charge in [-0.15, -0.1) is 0 Å². The minimum absolute atomic E-state index is 0.0721. The van der Waals surface area contributed by atoms with E-state index < -0.39 is 26.4 Å². The van der Waals surface area contributed by atoms with Crippen LogP contribution >= 0.6 is 0 Å². The number of hydrogen-bond acceptors (Lipinski definition) is 4. The van der Waals surface area contributed by atoms with Crippen LogP contribution in [-0.4, -0.2) is 49.7 Å². The highest BCUT2D eigenvalue weighted by atomic mass is 32.2. The SMILES string of the molecule is CC(C)(C)OC(=O)N1CC2=CC(=O)[C@H](S(=O)C(C)(C)C)[C@H]2C1. The first-order chi connectivity index (χ1) is 9.90. The fourth-order valence-corrected chi connectivity index (χ4v) is 4.36. The highest BCUT2D eigenvalue weighted by Gasteiger charge is 2.48. The van der Waals surface area contributed by atoms with Crippen LogP contribution in [0.5, 0.6) is 0 Å². The van der Waals surface area contributed by atoms with Crippen LogP contribution in [0.4, 0.5) is 4.79 Å². The normalized spacial score (nSPS) is 26.7. The third kappa shape index (κ3) is 3.42. The van der Waals surface area contributed by atoms with E-state index in [2.05, 4.69) is 0 Å². The Bertz CT molecular complexity index is 553. The molecule has 0 radical (unpaired) electrons. The highest BCUT2D eigenvalue weighted by Crippen LogP contribution is 2.37. The summed E-state index contributed by atoms with van der Waals surface area (Å²) in [6.07, 6.45) is 1.19. The average molecular weight is 327 g/mol. The zero-order valence-electron chi connectivity index (χ0n) is 14.1. The molecule has 0 aromatic rings. The maximum absolute atomic E-state index is 12.6. The molecule has 1 unspecified atom stereocenters. The summed E-state index contributed by atoms with van der Waals surface area (Å²) in [5.41, 5.74) is 0.352. The van der Waals surface area contributed by atoms with Gasteiger partial charge in [-0.25, -0.2) is 4.79 Å². The molecule has 2 aliphatic rings. The summed E-state index contributed by atoms with van der Waals surface area (Å²) >= 11 is 0. The van der Waals surface area contributed by atoms with Gasteiger partial charge in [0.15, 0.2) is 5.78 Å². The molecule has 3 atom stereocenters. The van der Waals surface area contributed by atoms with Crippen molar-refractivity contribution in [1.82, 2.24) is 4.90 Å². The van der Waals surface area contributed by atoms with Gasteiger partial charge in [0.1, 0.15) is 10.9 Å². The van der Waals surface area contributed by atoms with E-state index in [0.717, 1.165) is 5.57 Å². The van der Waals surface area contributed by atoms with Crippen molar-refractivity contribution in [2.45, 2.75) is 57.1 Å². The third-order valence-electron chi connectivity index (χ3n) is 3.73. The van der Waals surface area contributed by atoms with Crippen molar-refractivity contribution in [3.05, 3.63) is 11.6 Å². The number of nitrogens with zero attached hydrogens (tertiary/aromatic N) is 1. The van der Waals surface area contributed by atoms with Gasteiger partial charge >= 0.3 is 6.09 Å². The van der Waals surface area contributed by atoms with Gasteiger partial charge < -0.3 is 9.64 Å². The van der Waals surface area contributed by atoms with Crippen molar-refractivity contribution in [1.29, 1.82) is 0 Å². The number of rotatable bonds is 1. The van der Waals surface area contributed by atoms with Crippen molar-refractivity contribution in [3.8, 4) is 0 Å². The summed E-state index contributed by atoms with van der Waals surface area (Å²) in [6, 6.07) is 0. The summed E-state index contributed by atoms with van der Waals surface area (Å²) in [5, 5.41) is -0.539. The Morgan fingerprint density at radius 1 is 1.27 bits per heavy atom. The molecule has 6 heteroatoms. The number of allylic oxidation sites excluding steroid dienone is 1. The van der Waals surface area contributed by atoms with Crippen LogP contribution in [0.15, 0.2) is 11.6 Å². The quantitative estimate of drug-likeness (QED) is 0.741. The Hall–Kier alpha value is -1.17. The number of carbonyl (C=O) groups is 2. The Labute approximate surface area is 134 Å². The molecule has 0 N–H and O–H groups in total. The Kier molecular flexibility index (Phi) is 4.28. The average Bonchev–Trinajstić information content (AvgIpc) is 2.80. The monoisotopic (exact) mass is 327 g/mol. The lowest BCUT2D eigenvalue weighted by Gasteiger charge is -2.27. The lowest BCUT2D eigenvalue weighted by atomic mass is 10.1. The minimum atomic E-state index is -1.28. The van der Waals surface area contributed by atoms with Gasteiger partial charge in [0, 0.05) is 34.6 Å². The lowest BCUT2D eigenvalue weighted by Crippen LogP contribution is -2.41. The molecule has 0 bridgehead atoms. The summed E-state index contributed by atoms with van der Waals surface area (Å²) in [5.74, 6) is -0.211. The number of likely N-dealkylation sites (tertiary alicyclic amines) is 1. The maximum atomic E-state index is 12.6. The molecule has 22 heavy (non-hydrogen) atoms. The van der Waals surface area contributed by atoms with Gasteiger partial charge in [-0.3, -0.25) is 9.00 Å². The van der Waals surface area contributed by atoms with E-state index in [4.69, 9.17) is 4.74 Å². The van der Waals surface area contributed by atoms with E-state index in [-0.39, 0.29) is 17.8 Å². The highest BCUT2D eigenvalue weighted by molar-refractivity contribution is 7.87. The number of carbonyl (C=O) groups excluding carboxylic acids is 2. The molecular weight excluding hydrogens is 302 g/mol. The molecule has 1 saturated heterocycles. The summed E-state index contributed by atoms with van der Waals surface area (Å²) in [7, 11) is -1.28. The van der Waals surface area contributed by atoms with E-state index in [1.54, 1.807) is 11.0 Å². The van der Waals surface area contributed by atoms with Crippen molar-refractivity contribution in [3.63, 3.8) is 0 Å². The first kappa shape index (κ1) is 17.2. The van der Waals surface area contributed by atoms with E-state index >= 15 is 0 Å². The smallest absolute Gasteiger partial charge is 0.410 e. The van der Waals surface area contributed by atoms with Crippen LogP contribution in [0.2, 0.25) is 0 Å². The van der Waals surface area contributed by atoms with Crippen LogP contribution in [0.1, 0.15) is 41.5 Å². The fraction of sp³-hybridized carbons (Fsp3) is 0.750. The van der Waals surface area contributed by atoms with Gasteiger partial charge in [-0.1, -0.05) is 0 Å². The predicted octanol–water partition coefficient (Wildman–Crippen LogP) is 2.28. The van der Waals surface area contributed by atoms with E-state index in [9.17, 15) is 13.8 Å². The first-order valence-electron chi connectivity index (χ1n) is 7.53. The third-order valence-corrected chi connectivity index (χ3v) is 5.96. The molecule has 1 aliphatic carbocycles. The van der Waals surface area contributed by atoms with Crippen LogP contribution < -0.4 is 0 Å². The van der Waals surface area contributed by atoms with Crippen molar-refractivity contribution in [2.24, 2.45) is 5.92 Å². The minimum Gasteiger partial charge on any atom is -0.444 e. The zero-order valence-corrected chi connectivity index (χ0v) is 15.0. The predicted molar refractivity (Wildman–Crippen MR) is 86.1 cm³/mol. The molecular formula is C16H25NO4S. The second-order valence-electron chi connectivity index (χ2n) is 7.92. The maximum Gasteiger partial charge on any atom is 0.410 e. The van der Waals surface area contributed by atoms with Gasteiger partial charge in [0.05, 0.1) is 0 Å². The van der Waals surface area contributed by atoms with Crippen LogP contribution in [0.25, 0.3) is 0 Å². The van der Waals surface area contributed by atoms with Gasteiger partial charge in [-0.2, -0.15) is 0 Å². The topological polar surface area (TPSA) is 63.7 Å². The van der Waals surface area contributed by atoms with Crippen molar-refractivity contribution < 1.29 is 18.5 Å². The zero-order chi connectivity index (χ0) is 16.9. The molecule has 124 valence electrons. The number of ketones is 1. The summed E-state index contributed by atoms with van der Waals surface area (Å²) in [6.45, 7) is 11.9. The van der Waals surface area contributed by atoms with Gasteiger partial charge in [0.2, 0.25) is 0 Å². The van der Waals surface area contributed by atoms with Crippen LogP contribution in [0.3, 0.4) is 0 Å². The summed E-state index contributed by atoms with van der Waals surface area (Å²) in [4.78, 5) is 25.9. The molecule has 5 nitrogen and oxygen atoms in total. The largest absolute Gasteiger partial charge is 0.444 e. The Balaban J connectivity index is 2.14. The summed E-state index contributed by atoms with van der Waals surface area (Å²) < 4.78 is 17.6. The number of ether oxygens (including phenoxy) is 1. The molecule has 2 rings (SSSR count). The fourth-order valence-electron chi connectivity index (χ4n) is 2.76. The number of fused-ring (bicyclic) bond motifs is 1. The molecule has 1 amide bonds. The van der Waals surface area contributed by atoms with Crippen LogP contribution in [0, 0.1) is 5.92 Å². The second-order valence-corrected chi connectivity index (χ2v) is 10.2. The number of amides is 1. The molecule has 0 aromatic carbocycles. The molecule has 0 saturated carbocycles. The second kappa shape index (κ2) is 5.48. The van der Waals surface area contributed by atoms with Gasteiger partial charge in [0.25, 0.3) is 0 Å². The molecule has 1 heterocycles. The standard InChI is InChI=1S/C16H25NO4S/c1-15(2,3)21-14(19)17-8-10-7-12(18)13(11(10)9-17)22(20)16(4,5)6/h7,11,13H,8-9H2,1-6H3/t11-,13+,22?/m0/s1. The molecule has 1 fully saturated rings. The molecule has 1 aliphatic heterocycles. The van der Waals surface area contributed by atoms with Crippen molar-refractivity contribution in [2.75, 3.05) is 13.1 Å². The Morgan fingerprint density at radius 3 is 2.36 bits per heavy atom. The van der Waals surface area contributed by atoms with E-state index in [0.29, 0.717) is 13.1 Å². The van der Waals surface area contributed by atoms with Gasteiger partial charge in [-0.05, 0) is 53.2 Å². The molecule has 0 spiro atoms. The van der Waals surface area contributed by atoms with Crippen molar-refractivity contribution >= 4 is 22.7 Å². The van der Waals surface area contributed by atoms with E-state index in [1.165, 1.54) is 0 Å². The lowest BCUT2D eigenvalue weighted by molar-refractivity contribution is -0.114.